The van der Waals surface area contributed by atoms with E-state index in [1.807, 2.05) is 0 Å². The Labute approximate surface area is 184 Å². The second-order valence-corrected chi connectivity index (χ2v) is 11.3. The van der Waals surface area contributed by atoms with E-state index in [-0.39, 0.29) is 6.29 Å². The van der Waals surface area contributed by atoms with Crippen LogP contribution < -0.4 is 15.9 Å². The molecule has 0 unspecified atom stereocenters. The predicted molar refractivity (Wildman–Crippen MR) is 130 cm³/mol. The second-order valence-electron chi connectivity index (χ2n) is 7.79. The van der Waals surface area contributed by atoms with Gasteiger partial charge in [0.25, 0.3) is 0 Å². The van der Waals surface area contributed by atoms with Crippen LogP contribution in [0.4, 0.5) is 0 Å². The van der Waals surface area contributed by atoms with E-state index in [1.165, 1.54) is 21.5 Å². The molecule has 1 aliphatic rings. The van der Waals surface area contributed by atoms with Crippen molar-refractivity contribution in [2.45, 2.75) is 12.5 Å². The minimum atomic E-state index is -1.88. The lowest BCUT2D eigenvalue weighted by Gasteiger charge is -2.28. The quantitative estimate of drug-likeness (QED) is 0.394. The smallest absolute Gasteiger partial charge is 0.184 e. The molecule has 0 saturated carbocycles. The lowest BCUT2D eigenvalue weighted by molar-refractivity contribution is -0.0441. The first-order valence-electron chi connectivity index (χ1n) is 10.7. The van der Waals surface area contributed by atoms with Crippen LogP contribution in [0.2, 0.25) is 0 Å². The van der Waals surface area contributed by atoms with Crippen LogP contribution in [-0.4, -0.2) is 13.2 Å². The summed E-state index contributed by atoms with van der Waals surface area (Å²) in [6.45, 7) is 1.33. The number of ether oxygens (including phenoxy) is 2. The van der Waals surface area contributed by atoms with Crippen LogP contribution in [-0.2, 0) is 15.6 Å². The van der Waals surface area contributed by atoms with E-state index in [0.29, 0.717) is 13.2 Å². The normalized spacial score (nSPS) is 14.6. The summed E-state index contributed by atoms with van der Waals surface area (Å²) < 4.78 is 11.3. The maximum absolute atomic E-state index is 5.67. The highest BCUT2D eigenvalue weighted by Crippen LogP contribution is 2.58. The average Bonchev–Trinajstić information content (AvgIpc) is 3.40. The number of rotatable bonds is 6. The third-order valence-electron chi connectivity index (χ3n) is 5.88. The van der Waals surface area contributed by atoms with Crippen molar-refractivity contribution in [3.05, 3.63) is 126 Å². The van der Waals surface area contributed by atoms with E-state index in [0.717, 1.165) is 11.7 Å². The fraction of sp³-hybridized carbons (Fsp3) is 0.143. The van der Waals surface area contributed by atoms with E-state index >= 15 is 0 Å². The monoisotopic (exact) mass is 425 g/mol. The van der Waals surface area contributed by atoms with Gasteiger partial charge in [-0.05, 0) is 42.0 Å². The standard InChI is InChI=1S/C28H26O2P/c1-4-10-25(11-5-1)31(26-12-6-2-7-13-26,27-14-8-3-9-15-27)22-23-16-18-24(19-17-23)28-29-20-21-30-28/h1-19,28H,20-22H2/q+1. The fourth-order valence-corrected chi connectivity index (χ4v) is 8.62. The first-order chi connectivity index (χ1) is 15.4. The molecular formula is C28H26O2P+. The number of benzene rings is 4. The van der Waals surface area contributed by atoms with Crippen LogP contribution in [0, 0.1) is 0 Å². The summed E-state index contributed by atoms with van der Waals surface area (Å²) >= 11 is 0. The first kappa shape index (κ1) is 20.2. The summed E-state index contributed by atoms with van der Waals surface area (Å²) in [5.74, 6) is 0. The highest BCUT2D eigenvalue weighted by molar-refractivity contribution is 7.95. The van der Waals surface area contributed by atoms with Gasteiger partial charge in [-0.15, -0.1) is 0 Å². The molecule has 3 heteroatoms. The van der Waals surface area contributed by atoms with Crippen LogP contribution in [0.15, 0.2) is 115 Å². The molecule has 5 rings (SSSR count). The minimum absolute atomic E-state index is 0.231. The Bertz CT molecular complexity index is 993. The minimum Gasteiger partial charge on any atom is -0.346 e. The zero-order valence-corrected chi connectivity index (χ0v) is 18.3. The average molecular weight is 425 g/mol. The van der Waals surface area contributed by atoms with E-state index in [9.17, 15) is 0 Å². The topological polar surface area (TPSA) is 18.5 Å². The summed E-state index contributed by atoms with van der Waals surface area (Å²) in [7, 11) is -1.88. The van der Waals surface area contributed by atoms with Gasteiger partial charge >= 0.3 is 0 Å². The lowest BCUT2D eigenvalue weighted by atomic mass is 10.1. The molecule has 0 radical (unpaired) electrons. The van der Waals surface area contributed by atoms with Gasteiger partial charge in [0.05, 0.1) is 19.4 Å². The zero-order valence-electron chi connectivity index (χ0n) is 17.4. The molecule has 0 aliphatic carbocycles. The predicted octanol–water partition coefficient (Wildman–Crippen LogP) is 5.23. The van der Waals surface area contributed by atoms with E-state index in [1.54, 1.807) is 0 Å². The van der Waals surface area contributed by atoms with Crippen molar-refractivity contribution in [1.29, 1.82) is 0 Å². The Balaban J connectivity index is 1.63. The van der Waals surface area contributed by atoms with Crippen LogP contribution in [0.1, 0.15) is 17.4 Å². The van der Waals surface area contributed by atoms with Crippen molar-refractivity contribution >= 4 is 23.2 Å². The Kier molecular flexibility index (Phi) is 5.95. The lowest BCUT2D eigenvalue weighted by Crippen LogP contribution is -2.32. The van der Waals surface area contributed by atoms with Crippen molar-refractivity contribution in [1.82, 2.24) is 0 Å². The summed E-state index contributed by atoms with van der Waals surface area (Å²) in [5, 5.41) is 4.21. The molecule has 154 valence electrons. The Morgan fingerprint density at radius 3 is 1.39 bits per heavy atom. The molecule has 1 aliphatic heterocycles. The third kappa shape index (κ3) is 4.07. The van der Waals surface area contributed by atoms with Gasteiger partial charge in [0.1, 0.15) is 23.2 Å². The number of hydrogen-bond donors (Lipinski definition) is 0. The Morgan fingerprint density at radius 2 is 0.968 bits per heavy atom. The largest absolute Gasteiger partial charge is 0.346 e. The molecule has 1 heterocycles. The maximum Gasteiger partial charge on any atom is 0.184 e. The van der Waals surface area contributed by atoms with Gasteiger partial charge < -0.3 is 9.47 Å². The first-order valence-corrected chi connectivity index (χ1v) is 12.7. The molecule has 4 aromatic carbocycles. The van der Waals surface area contributed by atoms with Crippen molar-refractivity contribution < 1.29 is 9.47 Å². The van der Waals surface area contributed by atoms with E-state index < -0.39 is 7.26 Å². The molecule has 1 fully saturated rings. The van der Waals surface area contributed by atoms with Gasteiger partial charge in [0.2, 0.25) is 0 Å². The zero-order chi connectivity index (χ0) is 20.9. The van der Waals surface area contributed by atoms with Crippen LogP contribution in [0.3, 0.4) is 0 Å². The molecule has 0 bridgehead atoms. The molecular weight excluding hydrogens is 399 g/mol. The molecule has 0 aromatic heterocycles. The van der Waals surface area contributed by atoms with E-state index in [2.05, 4.69) is 115 Å². The summed E-state index contributed by atoms with van der Waals surface area (Å²) in [5.41, 5.74) is 2.41. The molecule has 1 saturated heterocycles. The molecule has 0 atom stereocenters. The maximum atomic E-state index is 5.67. The van der Waals surface area contributed by atoms with Crippen LogP contribution in [0.25, 0.3) is 0 Å². The summed E-state index contributed by atoms with van der Waals surface area (Å²) in [6, 6.07) is 41.8. The molecule has 0 amide bonds. The van der Waals surface area contributed by atoms with Gasteiger partial charge in [0.15, 0.2) is 6.29 Å². The molecule has 0 N–H and O–H groups in total. The van der Waals surface area contributed by atoms with Gasteiger partial charge in [-0.3, -0.25) is 0 Å². The third-order valence-corrected chi connectivity index (χ3v) is 10.3. The Morgan fingerprint density at radius 1 is 0.548 bits per heavy atom. The SMILES string of the molecule is c1ccc([P+](Cc2ccc(C3OCCO3)cc2)(c2ccccc2)c2ccccc2)cc1. The van der Waals surface area contributed by atoms with Crippen molar-refractivity contribution in [2.24, 2.45) is 0 Å². The highest BCUT2D eigenvalue weighted by atomic mass is 31.2. The molecule has 2 nitrogen and oxygen atoms in total. The van der Waals surface area contributed by atoms with E-state index in [4.69, 9.17) is 9.47 Å². The summed E-state index contributed by atoms with van der Waals surface area (Å²) in [4.78, 5) is 0. The number of hydrogen-bond acceptors (Lipinski definition) is 2. The highest BCUT2D eigenvalue weighted by Gasteiger charge is 2.45. The Hall–Kier alpha value is -2.77. The van der Waals surface area contributed by atoms with Crippen molar-refractivity contribution in [3.8, 4) is 0 Å². The summed E-state index contributed by atoms with van der Waals surface area (Å²) in [6.07, 6.45) is 0.739. The van der Waals surface area contributed by atoms with Crippen LogP contribution >= 0.6 is 7.26 Å². The van der Waals surface area contributed by atoms with Gasteiger partial charge in [-0.25, -0.2) is 0 Å². The molecule has 0 spiro atoms. The van der Waals surface area contributed by atoms with Gasteiger partial charge in [-0.2, -0.15) is 0 Å². The van der Waals surface area contributed by atoms with Crippen molar-refractivity contribution in [3.63, 3.8) is 0 Å². The fourth-order valence-electron chi connectivity index (χ4n) is 4.37. The second kappa shape index (κ2) is 9.16. The van der Waals surface area contributed by atoms with Crippen molar-refractivity contribution in [2.75, 3.05) is 13.2 Å². The van der Waals surface area contributed by atoms with Gasteiger partial charge in [-0.1, -0.05) is 78.9 Å². The van der Waals surface area contributed by atoms with Gasteiger partial charge in [0, 0.05) is 5.56 Å². The van der Waals surface area contributed by atoms with Crippen LogP contribution in [0.5, 0.6) is 0 Å². The molecule has 31 heavy (non-hydrogen) atoms. The molecule has 4 aromatic rings.